The van der Waals surface area contributed by atoms with Crippen molar-refractivity contribution in [3.05, 3.63) is 104 Å². The van der Waals surface area contributed by atoms with Crippen molar-refractivity contribution in [3.63, 3.8) is 0 Å². The van der Waals surface area contributed by atoms with Gasteiger partial charge in [-0.15, -0.1) is 11.3 Å². The Bertz CT molecular complexity index is 1520. The molecule has 2 aromatic heterocycles. The third-order valence-electron chi connectivity index (χ3n) is 6.25. The smallest absolute Gasteiger partial charge is 0.332 e. The summed E-state index contributed by atoms with van der Waals surface area (Å²) in [5.74, 6) is -1.14. The summed E-state index contributed by atoms with van der Waals surface area (Å²) in [5.41, 5.74) is 0.934. The first-order valence-electron chi connectivity index (χ1n) is 11.7. The molecule has 36 heavy (non-hydrogen) atoms. The van der Waals surface area contributed by atoms with Crippen LogP contribution in [-0.2, 0) is 23.1 Å². The molecule has 0 spiro atoms. The van der Waals surface area contributed by atoms with Gasteiger partial charge in [0, 0.05) is 7.05 Å². The molecular formula is C27H27N3O5S. The second-order valence-corrected chi connectivity index (χ2v) is 10.3. The Morgan fingerprint density at radius 2 is 1.75 bits per heavy atom. The summed E-state index contributed by atoms with van der Waals surface area (Å²) in [7, 11) is 1.61. The first-order valence-corrected chi connectivity index (χ1v) is 12.5. The van der Waals surface area contributed by atoms with Crippen molar-refractivity contribution in [3.8, 4) is 0 Å². The van der Waals surface area contributed by atoms with E-state index in [1.165, 1.54) is 9.13 Å². The SMILES string of the molecule is Cn1c(=O)n(Cc2ccccc2)c(=O)c2cc(C(=O)NC3COC(C)(C)O[C@H]3c3ccccc3)sc21. The van der Waals surface area contributed by atoms with Crippen molar-refractivity contribution in [1.82, 2.24) is 14.5 Å². The Morgan fingerprint density at radius 1 is 1.08 bits per heavy atom. The monoisotopic (exact) mass is 505 g/mol. The summed E-state index contributed by atoms with van der Waals surface area (Å²) in [4.78, 5) is 40.3. The number of hydrogen-bond donors (Lipinski definition) is 1. The fraction of sp³-hybridized carbons (Fsp3) is 0.296. The van der Waals surface area contributed by atoms with Crippen LogP contribution >= 0.6 is 11.3 Å². The average molecular weight is 506 g/mol. The summed E-state index contributed by atoms with van der Waals surface area (Å²) in [6, 6.07) is 20.1. The van der Waals surface area contributed by atoms with Gasteiger partial charge in [0.1, 0.15) is 10.9 Å². The lowest BCUT2D eigenvalue weighted by atomic mass is 10.0. The minimum Gasteiger partial charge on any atom is -0.348 e. The van der Waals surface area contributed by atoms with Crippen molar-refractivity contribution >= 4 is 27.5 Å². The van der Waals surface area contributed by atoms with Gasteiger partial charge in [0.05, 0.1) is 29.5 Å². The van der Waals surface area contributed by atoms with E-state index < -0.39 is 29.2 Å². The number of hydrogen-bond acceptors (Lipinski definition) is 6. The highest BCUT2D eigenvalue weighted by atomic mass is 32.1. The molecule has 5 rings (SSSR count). The quantitative estimate of drug-likeness (QED) is 0.449. The molecule has 1 amide bonds. The third-order valence-corrected chi connectivity index (χ3v) is 7.46. The number of aromatic nitrogens is 2. The molecule has 0 aliphatic carbocycles. The average Bonchev–Trinajstić information content (AvgIpc) is 3.34. The van der Waals surface area contributed by atoms with Gasteiger partial charge in [0.25, 0.3) is 11.5 Å². The zero-order valence-electron chi connectivity index (χ0n) is 20.3. The zero-order chi connectivity index (χ0) is 25.4. The molecule has 3 heterocycles. The van der Waals surface area contributed by atoms with Crippen molar-refractivity contribution in [2.24, 2.45) is 7.05 Å². The lowest BCUT2D eigenvalue weighted by molar-refractivity contribution is -0.284. The molecule has 1 unspecified atom stereocenters. The summed E-state index contributed by atoms with van der Waals surface area (Å²) in [5, 5.41) is 3.35. The van der Waals surface area contributed by atoms with E-state index in [0.29, 0.717) is 15.1 Å². The van der Waals surface area contributed by atoms with Crippen LogP contribution in [0.2, 0.25) is 0 Å². The number of benzene rings is 2. The van der Waals surface area contributed by atoms with Crippen molar-refractivity contribution in [2.75, 3.05) is 6.61 Å². The number of carbonyl (C=O) groups is 1. The molecule has 1 saturated heterocycles. The molecular weight excluding hydrogens is 478 g/mol. The molecule has 2 atom stereocenters. The van der Waals surface area contributed by atoms with E-state index >= 15 is 0 Å². The number of nitrogens with one attached hydrogen (secondary N) is 1. The number of nitrogens with zero attached hydrogens (tertiary/aromatic N) is 2. The van der Waals surface area contributed by atoms with Gasteiger partial charge < -0.3 is 14.8 Å². The normalized spacial score (nSPS) is 19.3. The van der Waals surface area contributed by atoms with Crippen LogP contribution in [0.5, 0.6) is 0 Å². The van der Waals surface area contributed by atoms with Crippen molar-refractivity contribution in [1.29, 1.82) is 0 Å². The largest absolute Gasteiger partial charge is 0.348 e. The molecule has 0 saturated carbocycles. The topological polar surface area (TPSA) is 91.6 Å². The fourth-order valence-corrected chi connectivity index (χ4v) is 5.41. The van der Waals surface area contributed by atoms with E-state index in [1.54, 1.807) is 13.1 Å². The van der Waals surface area contributed by atoms with E-state index in [1.807, 2.05) is 74.5 Å². The molecule has 1 N–H and O–H groups in total. The van der Waals surface area contributed by atoms with Crippen LogP contribution in [0.1, 0.15) is 40.8 Å². The van der Waals surface area contributed by atoms with Crippen molar-refractivity contribution in [2.45, 2.75) is 38.3 Å². The standard InChI is InChI=1S/C27H27N3O5S/c1-27(2)34-16-20(22(35-27)18-12-8-5-9-13-18)28-23(31)21-14-19-24(32)30(15-17-10-6-4-7-11-17)26(33)29(3)25(19)36-21/h4-14,20,22H,15-16H2,1-3H3,(H,28,31)/t20?,22-/m0/s1. The van der Waals surface area contributed by atoms with Gasteiger partial charge in [0.2, 0.25) is 0 Å². The third kappa shape index (κ3) is 4.65. The van der Waals surface area contributed by atoms with Gasteiger partial charge in [-0.3, -0.25) is 18.7 Å². The first kappa shape index (κ1) is 24.2. The molecule has 1 fully saturated rings. The highest BCUT2D eigenvalue weighted by molar-refractivity contribution is 7.20. The molecule has 0 bridgehead atoms. The Kier molecular flexibility index (Phi) is 6.38. The summed E-state index contributed by atoms with van der Waals surface area (Å²) >= 11 is 1.12. The lowest BCUT2D eigenvalue weighted by Crippen LogP contribution is -2.51. The minimum atomic E-state index is -0.790. The van der Waals surface area contributed by atoms with Crippen molar-refractivity contribution < 1.29 is 14.3 Å². The van der Waals surface area contributed by atoms with Crippen LogP contribution < -0.4 is 16.6 Å². The Balaban J connectivity index is 1.46. The number of ether oxygens (including phenoxy) is 2. The van der Waals surface area contributed by atoms with Gasteiger partial charge >= 0.3 is 5.69 Å². The maximum atomic E-state index is 13.3. The van der Waals surface area contributed by atoms with Gasteiger partial charge in [-0.25, -0.2) is 4.79 Å². The van der Waals surface area contributed by atoms with Crippen LogP contribution in [0.4, 0.5) is 0 Å². The van der Waals surface area contributed by atoms with Gasteiger partial charge in [0.15, 0.2) is 5.79 Å². The summed E-state index contributed by atoms with van der Waals surface area (Å²) < 4.78 is 14.6. The van der Waals surface area contributed by atoms with Crippen LogP contribution in [-0.4, -0.2) is 33.5 Å². The van der Waals surface area contributed by atoms with Crippen LogP contribution in [0.15, 0.2) is 76.3 Å². The lowest BCUT2D eigenvalue weighted by Gasteiger charge is -2.41. The van der Waals surface area contributed by atoms with E-state index in [2.05, 4.69) is 5.32 Å². The van der Waals surface area contributed by atoms with E-state index in [0.717, 1.165) is 22.5 Å². The predicted molar refractivity (Wildman–Crippen MR) is 138 cm³/mol. The highest BCUT2D eigenvalue weighted by Crippen LogP contribution is 2.33. The molecule has 9 heteroatoms. The molecule has 0 radical (unpaired) electrons. The van der Waals surface area contributed by atoms with E-state index in [9.17, 15) is 14.4 Å². The number of carbonyl (C=O) groups excluding carboxylic acids is 1. The molecule has 8 nitrogen and oxygen atoms in total. The maximum absolute atomic E-state index is 13.3. The molecule has 1 aliphatic heterocycles. The molecule has 4 aromatic rings. The maximum Gasteiger partial charge on any atom is 0.332 e. The molecule has 186 valence electrons. The predicted octanol–water partition coefficient (Wildman–Crippen LogP) is 3.43. The Morgan fingerprint density at radius 3 is 2.44 bits per heavy atom. The second-order valence-electron chi connectivity index (χ2n) is 9.29. The number of aryl methyl sites for hydroxylation is 1. The minimum absolute atomic E-state index is 0.158. The van der Waals surface area contributed by atoms with Gasteiger partial charge in [-0.1, -0.05) is 60.7 Å². The number of amides is 1. The zero-order valence-corrected chi connectivity index (χ0v) is 21.1. The Labute approximate surface area is 211 Å². The fourth-order valence-electron chi connectivity index (χ4n) is 4.40. The van der Waals surface area contributed by atoms with Gasteiger partial charge in [-0.05, 0) is 31.0 Å². The highest BCUT2D eigenvalue weighted by Gasteiger charge is 2.38. The van der Waals surface area contributed by atoms with Crippen LogP contribution in [0.25, 0.3) is 10.2 Å². The van der Waals surface area contributed by atoms with Crippen LogP contribution in [0, 0.1) is 0 Å². The van der Waals surface area contributed by atoms with Gasteiger partial charge in [-0.2, -0.15) is 0 Å². The number of thiophene rings is 1. The number of rotatable bonds is 5. The van der Waals surface area contributed by atoms with E-state index in [-0.39, 0.29) is 19.1 Å². The molecule has 1 aliphatic rings. The first-order chi connectivity index (χ1) is 17.2. The summed E-state index contributed by atoms with van der Waals surface area (Å²) in [6.07, 6.45) is -0.402. The summed E-state index contributed by atoms with van der Waals surface area (Å²) in [6.45, 7) is 4.11. The Hall–Kier alpha value is -3.53. The second kappa shape index (κ2) is 9.50. The number of fused-ring (bicyclic) bond motifs is 1. The molecule has 2 aromatic carbocycles. The van der Waals surface area contributed by atoms with Crippen LogP contribution in [0.3, 0.4) is 0 Å². The van der Waals surface area contributed by atoms with E-state index in [4.69, 9.17) is 9.47 Å².